The molecular formula is C41H68O14. The fourth-order valence-corrected chi connectivity index (χ4v) is 14.9. The second kappa shape index (κ2) is 13.2. The van der Waals surface area contributed by atoms with Crippen LogP contribution in [0, 0.1) is 44.8 Å². The Morgan fingerprint density at radius 1 is 0.709 bits per heavy atom. The van der Waals surface area contributed by atoms with Crippen LogP contribution in [0.15, 0.2) is 0 Å². The molecule has 5 saturated carbocycles. The minimum atomic E-state index is -1.60. The largest absolute Gasteiger partial charge is 0.394 e. The molecule has 14 nitrogen and oxygen atoms in total. The lowest BCUT2D eigenvalue weighted by Gasteiger charge is -2.65. The van der Waals surface area contributed by atoms with E-state index in [-0.39, 0.29) is 52.1 Å². The van der Waals surface area contributed by atoms with Crippen molar-refractivity contribution >= 4 is 0 Å². The molecule has 9 N–H and O–H groups in total. The predicted octanol–water partition coefficient (Wildman–Crippen LogP) is 0.724. The summed E-state index contributed by atoms with van der Waals surface area (Å²) >= 11 is 0. The van der Waals surface area contributed by atoms with Crippen molar-refractivity contribution in [3.63, 3.8) is 0 Å². The van der Waals surface area contributed by atoms with Crippen LogP contribution in [0.1, 0.15) is 106 Å². The Bertz CT molecular complexity index is 1460. The fraction of sp³-hybridized carbons (Fsp3) is 1.00. The summed E-state index contributed by atoms with van der Waals surface area (Å²) in [5.74, 6) is -0.215. The molecule has 2 spiro atoms. The van der Waals surface area contributed by atoms with Gasteiger partial charge in [-0.1, -0.05) is 27.7 Å². The second-order valence-electron chi connectivity index (χ2n) is 21.1. The van der Waals surface area contributed by atoms with Crippen LogP contribution < -0.4 is 0 Å². The van der Waals surface area contributed by atoms with Crippen molar-refractivity contribution in [3.05, 3.63) is 0 Å². The highest BCUT2D eigenvalue weighted by molar-refractivity contribution is 5.33. The molecule has 0 radical (unpaired) electrons. The molecule has 1 unspecified atom stereocenters. The first-order valence-corrected chi connectivity index (χ1v) is 20.9. The number of aliphatic hydroxyl groups is 9. The van der Waals surface area contributed by atoms with Crippen LogP contribution in [0.2, 0.25) is 0 Å². The highest BCUT2D eigenvalue weighted by Crippen LogP contribution is 2.89. The molecule has 8 aliphatic rings. The number of aliphatic hydroxyl groups excluding tert-OH is 8. The number of hydrogen-bond donors (Lipinski definition) is 9. The first kappa shape index (κ1) is 41.2. The maximum atomic E-state index is 12.2. The Morgan fingerprint density at radius 2 is 1.40 bits per heavy atom. The summed E-state index contributed by atoms with van der Waals surface area (Å²) in [4.78, 5) is 0. The van der Waals surface area contributed by atoms with Gasteiger partial charge in [0.1, 0.15) is 42.7 Å². The van der Waals surface area contributed by atoms with Crippen molar-refractivity contribution in [1.29, 1.82) is 0 Å². The molecule has 0 aromatic rings. The van der Waals surface area contributed by atoms with Crippen LogP contribution in [0.5, 0.6) is 0 Å². The Morgan fingerprint density at radius 3 is 2.05 bits per heavy atom. The normalized spacial score (nSPS) is 58.7. The lowest BCUT2D eigenvalue weighted by atomic mass is 9.41. The average Bonchev–Trinajstić information content (AvgIpc) is 3.47. The van der Waals surface area contributed by atoms with E-state index in [1.54, 1.807) is 13.8 Å². The second-order valence-corrected chi connectivity index (χ2v) is 21.1. The zero-order valence-electron chi connectivity index (χ0n) is 33.6. The predicted molar refractivity (Wildman–Crippen MR) is 194 cm³/mol. The fourth-order valence-electron chi connectivity index (χ4n) is 14.9. The smallest absolute Gasteiger partial charge is 0.186 e. The van der Waals surface area contributed by atoms with Crippen molar-refractivity contribution < 1.29 is 69.6 Å². The van der Waals surface area contributed by atoms with E-state index < -0.39 is 96.8 Å². The van der Waals surface area contributed by atoms with Gasteiger partial charge in [-0.25, -0.2) is 0 Å². The van der Waals surface area contributed by atoms with Crippen LogP contribution in [0.25, 0.3) is 0 Å². The van der Waals surface area contributed by atoms with Crippen LogP contribution in [0.4, 0.5) is 0 Å². The summed E-state index contributed by atoms with van der Waals surface area (Å²) in [6, 6.07) is 0. The number of fused-ring (bicyclic) bond motifs is 2. The monoisotopic (exact) mass is 784 g/mol. The van der Waals surface area contributed by atoms with E-state index in [0.29, 0.717) is 25.7 Å². The molecule has 0 amide bonds. The van der Waals surface area contributed by atoms with E-state index in [0.717, 1.165) is 32.1 Å². The van der Waals surface area contributed by atoms with E-state index in [1.807, 2.05) is 0 Å². The molecule has 316 valence electrons. The van der Waals surface area contributed by atoms with Crippen molar-refractivity contribution in [1.82, 2.24) is 0 Å². The standard InChI is InChI=1S/C41H68O14/c1-35(2)24(54-33-29(48)26(45)20(44)17-51-33)9-11-41-18-40(41)13-12-37(5)31(39(7)10-8-25(55-39)36(3,4)50)19(43)15-38(37,6)23(40)14-21(32(35)41)52-34-30(49)28(47)27(46)22(16-42)53-34/h19-34,42-50H,8-18H2,1-7H3/t19-,20+,21-,22+,23+,24-,25?,26-,27+,28-,29+,30+,31-,32+,33-,34+,37-,38-,39+,40-,41-/m0/s1. The molecule has 3 heterocycles. The van der Waals surface area contributed by atoms with Gasteiger partial charge in [0.05, 0.1) is 48.8 Å². The summed E-state index contributed by atoms with van der Waals surface area (Å²) in [5, 5.41) is 97.2. The van der Waals surface area contributed by atoms with Crippen molar-refractivity contribution in [2.75, 3.05) is 13.2 Å². The number of ether oxygens (including phenoxy) is 5. The van der Waals surface area contributed by atoms with Crippen LogP contribution in [-0.2, 0) is 23.7 Å². The third-order valence-electron chi connectivity index (χ3n) is 17.6. The first-order chi connectivity index (χ1) is 25.5. The van der Waals surface area contributed by atoms with Gasteiger partial charge in [0, 0.05) is 5.92 Å². The van der Waals surface area contributed by atoms with Gasteiger partial charge >= 0.3 is 0 Å². The van der Waals surface area contributed by atoms with E-state index >= 15 is 0 Å². The Balaban J connectivity index is 1.15. The summed E-state index contributed by atoms with van der Waals surface area (Å²) in [6.07, 6.45) is -7.48. The maximum absolute atomic E-state index is 12.2. The molecule has 55 heavy (non-hydrogen) atoms. The Labute approximate surface area is 324 Å². The highest BCUT2D eigenvalue weighted by atomic mass is 16.7. The Hall–Kier alpha value is -0.560. The summed E-state index contributed by atoms with van der Waals surface area (Å²) in [7, 11) is 0. The van der Waals surface area contributed by atoms with Crippen LogP contribution in [0.3, 0.4) is 0 Å². The summed E-state index contributed by atoms with van der Waals surface area (Å²) < 4.78 is 31.9. The van der Waals surface area contributed by atoms with Crippen molar-refractivity contribution in [3.8, 4) is 0 Å². The minimum Gasteiger partial charge on any atom is -0.394 e. The van der Waals surface area contributed by atoms with Crippen molar-refractivity contribution in [2.45, 2.75) is 197 Å². The summed E-state index contributed by atoms with van der Waals surface area (Å²) in [6.45, 7) is 13.8. The van der Waals surface area contributed by atoms with Gasteiger partial charge < -0.3 is 69.6 Å². The lowest BCUT2D eigenvalue weighted by Crippen LogP contribution is -2.65. The molecule has 3 saturated heterocycles. The molecule has 8 fully saturated rings. The summed E-state index contributed by atoms with van der Waals surface area (Å²) in [5.41, 5.74) is -3.16. The minimum absolute atomic E-state index is 0.0633. The Kier molecular flexibility index (Phi) is 9.90. The molecule has 21 atom stereocenters. The number of rotatable bonds is 7. The first-order valence-electron chi connectivity index (χ1n) is 20.9. The zero-order chi connectivity index (χ0) is 40.1. The molecule has 0 aromatic carbocycles. The quantitative estimate of drug-likeness (QED) is 0.162. The van der Waals surface area contributed by atoms with Crippen LogP contribution >= 0.6 is 0 Å². The van der Waals surface area contributed by atoms with E-state index in [1.165, 1.54) is 0 Å². The maximum Gasteiger partial charge on any atom is 0.186 e. The molecule has 0 aromatic heterocycles. The van der Waals surface area contributed by atoms with Gasteiger partial charge in [0.2, 0.25) is 0 Å². The molecule has 14 heteroatoms. The molecule has 5 aliphatic carbocycles. The van der Waals surface area contributed by atoms with Gasteiger partial charge in [-0.05, 0) is 117 Å². The van der Waals surface area contributed by atoms with Crippen molar-refractivity contribution in [2.24, 2.45) is 44.8 Å². The average molecular weight is 785 g/mol. The molecule has 3 aliphatic heterocycles. The number of hydrogen-bond acceptors (Lipinski definition) is 14. The van der Waals surface area contributed by atoms with Gasteiger partial charge in [0.25, 0.3) is 0 Å². The van der Waals surface area contributed by atoms with E-state index in [2.05, 4.69) is 34.6 Å². The van der Waals surface area contributed by atoms with Gasteiger partial charge in [0.15, 0.2) is 12.6 Å². The van der Waals surface area contributed by atoms with Crippen LogP contribution in [-0.4, -0.2) is 150 Å². The van der Waals surface area contributed by atoms with E-state index in [9.17, 15) is 46.0 Å². The zero-order valence-corrected chi connectivity index (χ0v) is 33.6. The lowest BCUT2D eigenvalue weighted by molar-refractivity contribution is -0.339. The highest BCUT2D eigenvalue weighted by Gasteiger charge is 2.85. The van der Waals surface area contributed by atoms with Gasteiger partial charge in [-0.2, -0.15) is 0 Å². The topological polar surface area (TPSA) is 228 Å². The third-order valence-corrected chi connectivity index (χ3v) is 17.6. The van der Waals surface area contributed by atoms with Gasteiger partial charge in [-0.3, -0.25) is 0 Å². The van der Waals surface area contributed by atoms with E-state index in [4.69, 9.17) is 23.7 Å². The molecular weight excluding hydrogens is 716 g/mol. The third kappa shape index (κ3) is 5.70. The molecule has 0 bridgehead atoms. The van der Waals surface area contributed by atoms with Gasteiger partial charge in [-0.15, -0.1) is 0 Å². The molecule has 8 rings (SSSR count). The SMILES string of the molecule is CC(C)(O)C1CC[C@](C)([C@H]2[C@@H](O)C[C@@]3(C)[C@H]4C[C@H](O[C@@H]5O[C@H](CO)[C@@H](O)[C@H](O)[C@H]5O)[C@@H]5C(C)(C)[C@@H](O[C@@H]6OC[C@@H](O)[C@H](O)[C@H]6O)CC[C@]56C[C@@]46CC[C@@]23C)O1.